The van der Waals surface area contributed by atoms with Crippen LogP contribution in [0.3, 0.4) is 0 Å². The Morgan fingerprint density at radius 1 is 0.186 bits per heavy atom. The minimum absolute atomic E-state index is 1.10. The number of hydrogen-bond donors (Lipinski definition) is 0. The maximum absolute atomic E-state index is 4.43. The first-order chi connectivity index (χ1) is 39.9. The Bertz CT molecular complexity index is 3310. The van der Waals surface area contributed by atoms with Crippen molar-refractivity contribution in [3.63, 3.8) is 0 Å². The Hall–Kier alpha value is -7.65. The highest BCUT2D eigenvalue weighted by atomic mass is 14.7. The molecule has 0 aromatic carbocycles. The van der Waals surface area contributed by atoms with E-state index < -0.39 is 0 Å². The summed E-state index contributed by atoms with van der Waals surface area (Å²) in [5.74, 6) is 0. The lowest BCUT2D eigenvalue weighted by Crippen LogP contribution is -1.98. The Balaban J connectivity index is 0.000000484. The Kier molecular flexibility index (Phi) is 32.9. The van der Waals surface area contributed by atoms with Crippen molar-refractivity contribution in [1.29, 1.82) is 0 Å². The molecular formula is C77H109N9. The molecule has 0 bridgehead atoms. The Morgan fingerprint density at radius 3 is 1.02 bits per heavy atom. The fourth-order valence-electron chi connectivity index (χ4n) is 8.36. The van der Waals surface area contributed by atoms with Crippen LogP contribution in [0.15, 0.2) is 79.4 Å². The van der Waals surface area contributed by atoms with Crippen LogP contribution in [0.4, 0.5) is 0 Å². The fourth-order valence-corrected chi connectivity index (χ4v) is 8.36. The molecule has 0 saturated carbocycles. The summed E-state index contributed by atoms with van der Waals surface area (Å²) in [6.45, 7) is 66.3. The van der Waals surface area contributed by atoms with Crippen molar-refractivity contribution in [2.24, 2.45) is 0 Å². The van der Waals surface area contributed by atoms with E-state index in [2.05, 4.69) is 233 Å². The van der Waals surface area contributed by atoms with Gasteiger partial charge >= 0.3 is 0 Å². The van der Waals surface area contributed by atoms with Crippen LogP contribution in [0.1, 0.15) is 180 Å². The standard InChI is InChI=1S/C10H15N.3C9H13N.5C8H11N/c1-6-7(2)9(4)11-10(5)8(6)3;1-6-5-10-9(4)8(3)7(6)2;1-6-5-7(2)10-9(4)8(6)3;1-6-5-7(2)9(4)10-8(6)3;1-6-4-8(3)9-5-7(6)2;1-6-4-7(2)8(3)9-5-6;1-6-4-7(2)9-8(3)5-6;1-6-4-5-9-8(3)7(6)2;1-6-4-5-7(2)9-8(6)3/h1-5H3;3*5H,1-4H3;5*4-5H,1-3H3. The number of nitrogens with zero attached hydrogens (tertiary/aromatic N) is 9. The molecule has 0 atom stereocenters. The van der Waals surface area contributed by atoms with Crippen molar-refractivity contribution in [2.45, 2.75) is 222 Å². The van der Waals surface area contributed by atoms with E-state index >= 15 is 0 Å². The molecule has 0 unspecified atom stereocenters. The molecule has 0 aliphatic rings. The molecule has 86 heavy (non-hydrogen) atoms. The van der Waals surface area contributed by atoms with E-state index in [-0.39, 0.29) is 0 Å². The average Bonchev–Trinajstić information content (AvgIpc) is 3.55. The quantitative estimate of drug-likeness (QED) is 0.146. The maximum atomic E-state index is 4.43. The second kappa shape index (κ2) is 37.0. The first-order valence-electron chi connectivity index (χ1n) is 30.0. The van der Waals surface area contributed by atoms with E-state index in [1.165, 1.54) is 100 Å². The summed E-state index contributed by atoms with van der Waals surface area (Å²) in [7, 11) is 0. The molecule has 0 fully saturated rings. The molecule has 0 aliphatic heterocycles. The molecule has 9 aromatic rings. The molecule has 9 heterocycles. The van der Waals surface area contributed by atoms with Crippen LogP contribution in [0.5, 0.6) is 0 Å². The van der Waals surface area contributed by atoms with Crippen LogP contribution in [0, 0.1) is 222 Å². The summed E-state index contributed by atoms with van der Waals surface area (Å²) in [6.07, 6.45) is 7.57. The van der Waals surface area contributed by atoms with E-state index in [1.807, 2.05) is 113 Å². The SMILES string of the molecule is Cc1cc(C)c(C)c(C)n1.Cc1cc(C)c(C)cn1.Cc1cc(C)c(C)nc1C.Cc1cc(C)nc(C)c1.Cc1ccc(C)c(C)n1.Cc1ccnc(C)c1C.Cc1cnc(C)c(C)c1.Cc1cnc(C)c(C)c1C.Cc1nc(C)c(C)c(C)c1C. The van der Waals surface area contributed by atoms with Gasteiger partial charge in [0.25, 0.3) is 0 Å². The molecular weight excluding hydrogens is 1050 g/mol. The van der Waals surface area contributed by atoms with Gasteiger partial charge in [-0.3, -0.25) is 44.9 Å². The van der Waals surface area contributed by atoms with Gasteiger partial charge < -0.3 is 0 Å². The molecule has 0 saturated heterocycles. The van der Waals surface area contributed by atoms with Crippen molar-refractivity contribution in [1.82, 2.24) is 44.9 Å². The summed E-state index contributed by atoms with van der Waals surface area (Å²) < 4.78 is 0. The van der Waals surface area contributed by atoms with Crippen LogP contribution in [-0.4, -0.2) is 44.9 Å². The molecule has 0 radical (unpaired) electrons. The summed E-state index contributed by atoms with van der Waals surface area (Å²) in [5, 5.41) is 0. The first-order valence-corrected chi connectivity index (χ1v) is 30.0. The zero-order valence-corrected chi connectivity index (χ0v) is 59.5. The maximum Gasteiger partial charge on any atom is 0.0407 e. The molecule has 9 rings (SSSR count). The third-order valence-electron chi connectivity index (χ3n) is 15.9. The van der Waals surface area contributed by atoms with Gasteiger partial charge in [-0.2, -0.15) is 0 Å². The highest BCUT2D eigenvalue weighted by molar-refractivity contribution is 5.37. The minimum Gasteiger partial charge on any atom is -0.261 e. The van der Waals surface area contributed by atoms with Gasteiger partial charge in [-0.25, -0.2) is 0 Å². The lowest BCUT2D eigenvalue weighted by Gasteiger charge is -2.09. The number of rotatable bonds is 0. The largest absolute Gasteiger partial charge is 0.261 e. The smallest absolute Gasteiger partial charge is 0.0407 e. The van der Waals surface area contributed by atoms with Gasteiger partial charge in [0.1, 0.15) is 0 Å². The summed E-state index contributed by atoms with van der Waals surface area (Å²) >= 11 is 0. The van der Waals surface area contributed by atoms with E-state index in [4.69, 9.17) is 0 Å². The number of hydrogen-bond acceptors (Lipinski definition) is 9. The van der Waals surface area contributed by atoms with Crippen molar-refractivity contribution in [2.75, 3.05) is 0 Å². The molecule has 0 spiro atoms. The Morgan fingerprint density at radius 2 is 0.605 bits per heavy atom. The summed E-state index contributed by atoms with van der Waals surface area (Å²) in [5.41, 5.74) is 39.3. The second-order valence-corrected chi connectivity index (χ2v) is 23.5. The molecule has 0 N–H and O–H groups in total. The van der Waals surface area contributed by atoms with Gasteiger partial charge in [0, 0.05) is 105 Å². The highest BCUT2D eigenvalue weighted by Gasteiger charge is 2.05. The molecule has 9 heteroatoms. The summed E-state index contributed by atoms with van der Waals surface area (Å²) in [4.78, 5) is 38.3. The van der Waals surface area contributed by atoms with Crippen molar-refractivity contribution >= 4 is 0 Å². The average molecular weight is 1160 g/mol. The minimum atomic E-state index is 1.10. The number of pyridine rings is 9. The third kappa shape index (κ3) is 27.2. The van der Waals surface area contributed by atoms with Crippen LogP contribution >= 0.6 is 0 Å². The second-order valence-electron chi connectivity index (χ2n) is 23.5. The van der Waals surface area contributed by atoms with Gasteiger partial charge in [-0.05, 0) is 358 Å². The normalized spacial score (nSPS) is 9.86. The van der Waals surface area contributed by atoms with Gasteiger partial charge in [0.2, 0.25) is 0 Å². The molecule has 0 aliphatic carbocycles. The lowest BCUT2D eigenvalue weighted by atomic mass is 10.0. The van der Waals surface area contributed by atoms with Crippen LogP contribution in [-0.2, 0) is 0 Å². The van der Waals surface area contributed by atoms with E-state index in [1.54, 1.807) is 0 Å². The van der Waals surface area contributed by atoms with Crippen molar-refractivity contribution in [3.8, 4) is 0 Å². The van der Waals surface area contributed by atoms with Crippen molar-refractivity contribution in [3.05, 3.63) is 259 Å². The zero-order chi connectivity index (χ0) is 66.0. The van der Waals surface area contributed by atoms with E-state index in [0.29, 0.717) is 0 Å². The third-order valence-corrected chi connectivity index (χ3v) is 15.9. The van der Waals surface area contributed by atoms with Crippen molar-refractivity contribution < 1.29 is 0 Å². The fraction of sp³-hybridized carbons (Fsp3) is 0.416. The molecule has 462 valence electrons. The molecule has 9 aromatic heterocycles. The highest BCUT2D eigenvalue weighted by Crippen LogP contribution is 2.18. The zero-order valence-electron chi connectivity index (χ0n) is 59.5. The lowest BCUT2D eigenvalue weighted by molar-refractivity contribution is 1.03. The van der Waals surface area contributed by atoms with Gasteiger partial charge in [0.15, 0.2) is 0 Å². The number of aryl methyl sites for hydroxylation is 25. The summed E-state index contributed by atoms with van der Waals surface area (Å²) in [6, 6.07) is 18.8. The predicted molar refractivity (Wildman–Crippen MR) is 370 cm³/mol. The molecule has 9 nitrogen and oxygen atoms in total. The van der Waals surface area contributed by atoms with Gasteiger partial charge in [-0.15, -0.1) is 0 Å². The van der Waals surface area contributed by atoms with Gasteiger partial charge in [0.05, 0.1) is 0 Å². The molecule has 0 amide bonds. The van der Waals surface area contributed by atoms with Crippen LogP contribution in [0.2, 0.25) is 0 Å². The first kappa shape index (κ1) is 76.4. The van der Waals surface area contributed by atoms with Gasteiger partial charge in [-0.1, -0.05) is 18.2 Å². The monoisotopic (exact) mass is 1160 g/mol. The van der Waals surface area contributed by atoms with Crippen LogP contribution in [0.25, 0.3) is 0 Å². The Labute approximate surface area is 523 Å². The van der Waals surface area contributed by atoms with E-state index in [0.717, 1.165) is 79.7 Å². The van der Waals surface area contributed by atoms with Crippen LogP contribution < -0.4 is 0 Å². The number of aromatic nitrogens is 9. The predicted octanol–water partition coefficient (Wildman–Crippen LogP) is 19.6. The van der Waals surface area contributed by atoms with E-state index in [9.17, 15) is 0 Å². The topological polar surface area (TPSA) is 116 Å².